The Hall–Kier alpha value is -5.03. The molecule has 0 saturated carbocycles. The number of amides is 3. The number of urea groups is 1. The van der Waals surface area contributed by atoms with E-state index in [0.29, 0.717) is 34.4 Å². The van der Waals surface area contributed by atoms with Crippen molar-refractivity contribution in [3.05, 3.63) is 99.7 Å². The molecule has 1 aliphatic rings. The summed E-state index contributed by atoms with van der Waals surface area (Å²) in [4.78, 5) is 37.1. The third-order valence-electron chi connectivity index (χ3n) is 6.28. The molecule has 0 fully saturated rings. The number of ether oxygens (including phenoxy) is 4. The van der Waals surface area contributed by atoms with Crippen molar-refractivity contribution < 1.29 is 33.3 Å². The van der Waals surface area contributed by atoms with Crippen LogP contribution >= 0.6 is 11.6 Å². The lowest BCUT2D eigenvalue weighted by molar-refractivity contribution is -0.139. The Bertz CT molecular complexity index is 1540. The minimum Gasteiger partial charge on any atom is -0.493 e. The van der Waals surface area contributed by atoms with Crippen LogP contribution in [-0.4, -0.2) is 44.4 Å². The Balaban J connectivity index is 1.31. The molecule has 0 saturated heterocycles. The highest BCUT2D eigenvalue weighted by Crippen LogP contribution is 2.34. The maximum absolute atomic E-state index is 12.6. The van der Waals surface area contributed by atoms with Gasteiger partial charge in [0.15, 0.2) is 18.1 Å². The fraction of sp³-hybridized carbons (Fsp3) is 0.226. The maximum atomic E-state index is 12.6. The minimum atomic E-state index is -0.767. The van der Waals surface area contributed by atoms with Crippen molar-refractivity contribution in [3.63, 3.8) is 0 Å². The van der Waals surface area contributed by atoms with Crippen LogP contribution < -0.4 is 30.3 Å². The van der Waals surface area contributed by atoms with Gasteiger partial charge in [0, 0.05) is 16.3 Å². The number of hydrogen-bond donors (Lipinski definition) is 3. The molecule has 4 rings (SSSR count). The van der Waals surface area contributed by atoms with E-state index in [9.17, 15) is 14.4 Å². The lowest BCUT2D eigenvalue weighted by atomic mass is 9.95. The summed E-state index contributed by atoms with van der Waals surface area (Å²) in [6, 6.07) is 18.3. The molecule has 0 bridgehead atoms. The van der Waals surface area contributed by atoms with E-state index < -0.39 is 23.9 Å². The SMILES string of the molecule is CCOC(=O)C1=C(C)NC(=O)N[C@H]1c1ccc(OCC(=O)N/N=C\c2ccc(OCc3ccccc3Cl)cc2)c(OC)c1. The first-order valence-electron chi connectivity index (χ1n) is 13.3. The number of esters is 1. The van der Waals surface area contributed by atoms with E-state index in [2.05, 4.69) is 21.2 Å². The smallest absolute Gasteiger partial charge is 0.338 e. The summed E-state index contributed by atoms with van der Waals surface area (Å²) in [5.41, 5.74) is 5.28. The van der Waals surface area contributed by atoms with Gasteiger partial charge < -0.3 is 29.6 Å². The Kier molecular flexibility index (Phi) is 10.6. The largest absolute Gasteiger partial charge is 0.493 e. The number of rotatable bonds is 12. The zero-order chi connectivity index (χ0) is 30.8. The van der Waals surface area contributed by atoms with Crippen LogP contribution in [0.3, 0.4) is 0 Å². The number of benzene rings is 3. The van der Waals surface area contributed by atoms with Gasteiger partial charge in [-0.05, 0) is 67.4 Å². The number of methoxy groups -OCH3 is 1. The molecule has 3 aromatic carbocycles. The quantitative estimate of drug-likeness (QED) is 0.155. The molecule has 0 aromatic heterocycles. The van der Waals surface area contributed by atoms with Crippen molar-refractivity contribution in [1.29, 1.82) is 0 Å². The van der Waals surface area contributed by atoms with Gasteiger partial charge in [0.25, 0.3) is 5.91 Å². The van der Waals surface area contributed by atoms with Gasteiger partial charge in [-0.3, -0.25) is 4.79 Å². The van der Waals surface area contributed by atoms with Gasteiger partial charge >= 0.3 is 12.0 Å². The molecular formula is C31H31ClN4O7. The van der Waals surface area contributed by atoms with Crippen molar-refractivity contribution in [2.75, 3.05) is 20.3 Å². The Morgan fingerprint density at radius 2 is 1.81 bits per heavy atom. The van der Waals surface area contributed by atoms with Gasteiger partial charge in [-0.2, -0.15) is 5.10 Å². The number of hydrazone groups is 1. The summed E-state index contributed by atoms with van der Waals surface area (Å²) < 4.78 is 22.0. The molecule has 224 valence electrons. The zero-order valence-electron chi connectivity index (χ0n) is 23.8. The molecule has 1 heterocycles. The Labute approximate surface area is 253 Å². The molecule has 12 heteroatoms. The lowest BCUT2D eigenvalue weighted by Crippen LogP contribution is -2.45. The van der Waals surface area contributed by atoms with Crippen LogP contribution in [0.4, 0.5) is 4.79 Å². The second-order valence-electron chi connectivity index (χ2n) is 9.23. The van der Waals surface area contributed by atoms with Crippen LogP contribution in [0.2, 0.25) is 5.02 Å². The van der Waals surface area contributed by atoms with Crippen molar-refractivity contribution >= 4 is 35.7 Å². The normalized spacial score (nSPS) is 14.5. The third-order valence-corrected chi connectivity index (χ3v) is 6.65. The standard InChI is InChI=1S/C31H31ClN4O7/c1-4-41-30(38)28-19(2)34-31(39)35-29(28)21-11-14-25(26(15-21)40-3)43-18-27(37)36-33-16-20-9-12-23(13-10-20)42-17-22-7-5-6-8-24(22)32/h5-16,29H,4,17-18H2,1-3H3,(H,36,37)(H2,34,35,39)/b33-16-/t29-/m0/s1. The first-order valence-corrected chi connectivity index (χ1v) is 13.7. The second-order valence-corrected chi connectivity index (χ2v) is 9.64. The number of nitrogens with zero attached hydrogens (tertiary/aromatic N) is 1. The topological polar surface area (TPSA) is 137 Å². The number of carbonyl (C=O) groups is 3. The third kappa shape index (κ3) is 8.26. The number of nitrogens with one attached hydrogen (secondary N) is 3. The van der Waals surface area contributed by atoms with Crippen molar-refractivity contribution in [3.8, 4) is 17.2 Å². The van der Waals surface area contributed by atoms with Crippen LogP contribution in [0.5, 0.6) is 17.2 Å². The molecule has 3 amide bonds. The van der Waals surface area contributed by atoms with E-state index in [0.717, 1.165) is 11.1 Å². The number of hydrogen-bond acceptors (Lipinski definition) is 8. The minimum absolute atomic E-state index is 0.186. The van der Waals surface area contributed by atoms with Crippen molar-refractivity contribution in [2.24, 2.45) is 5.10 Å². The molecule has 3 aromatic rings. The van der Waals surface area contributed by atoms with Crippen LogP contribution in [0.15, 0.2) is 83.1 Å². The molecule has 1 aliphatic heterocycles. The van der Waals surface area contributed by atoms with Gasteiger partial charge in [0.05, 0.1) is 31.5 Å². The molecule has 11 nitrogen and oxygen atoms in total. The highest BCUT2D eigenvalue weighted by atomic mass is 35.5. The summed E-state index contributed by atoms with van der Waals surface area (Å²) in [5.74, 6) is 0.221. The van der Waals surface area contributed by atoms with Crippen LogP contribution in [0.1, 0.15) is 36.6 Å². The van der Waals surface area contributed by atoms with E-state index in [1.807, 2.05) is 24.3 Å². The fourth-order valence-corrected chi connectivity index (χ4v) is 4.38. The number of carbonyl (C=O) groups excluding carboxylic acids is 3. The summed E-state index contributed by atoms with van der Waals surface area (Å²) >= 11 is 6.16. The monoisotopic (exact) mass is 606 g/mol. The van der Waals surface area contributed by atoms with Crippen LogP contribution in [0.25, 0.3) is 0 Å². The molecule has 0 spiro atoms. The predicted molar refractivity (Wildman–Crippen MR) is 160 cm³/mol. The summed E-state index contributed by atoms with van der Waals surface area (Å²) in [6.45, 7) is 3.52. The van der Waals surface area contributed by atoms with Gasteiger partial charge in [0.2, 0.25) is 0 Å². The molecule has 1 atom stereocenters. The van der Waals surface area contributed by atoms with E-state index in [1.54, 1.807) is 56.3 Å². The zero-order valence-corrected chi connectivity index (χ0v) is 24.6. The summed E-state index contributed by atoms with van der Waals surface area (Å²) in [5, 5.41) is 9.94. The van der Waals surface area contributed by atoms with Crippen LogP contribution in [-0.2, 0) is 20.9 Å². The molecule has 0 aliphatic carbocycles. The molecule has 3 N–H and O–H groups in total. The van der Waals surface area contributed by atoms with Gasteiger partial charge in [-0.1, -0.05) is 35.9 Å². The maximum Gasteiger partial charge on any atom is 0.338 e. The highest BCUT2D eigenvalue weighted by molar-refractivity contribution is 6.31. The number of allylic oxidation sites excluding steroid dienone is 1. The van der Waals surface area contributed by atoms with Crippen molar-refractivity contribution in [2.45, 2.75) is 26.5 Å². The Morgan fingerprint density at radius 1 is 1.05 bits per heavy atom. The predicted octanol–water partition coefficient (Wildman–Crippen LogP) is 4.65. The van der Waals surface area contributed by atoms with E-state index in [4.69, 9.17) is 30.5 Å². The molecule has 43 heavy (non-hydrogen) atoms. The fourth-order valence-electron chi connectivity index (χ4n) is 4.19. The first kappa shape index (κ1) is 30.9. The van der Waals surface area contributed by atoms with Crippen LogP contribution in [0, 0.1) is 0 Å². The number of halogens is 1. The Morgan fingerprint density at radius 3 is 2.53 bits per heavy atom. The van der Waals surface area contributed by atoms with Gasteiger partial charge in [0.1, 0.15) is 12.4 Å². The van der Waals surface area contributed by atoms with Gasteiger partial charge in [-0.25, -0.2) is 15.0 Å². The second kappa shape index (κ2) is 14.7. The first-order chi connectivity index (χ1) is 20.8. The molecule has 0 radical (unpaired) electrons. The molecular weight excluding hydrogens is 576 g/mol. The lowest BCUT2D eigenvalue weighted by Gasteiger charge is -2.28. The average molecular weight is 607 g/mol. The summed E-state index contributed by atoms with van der Waals surface area (Å²) in [6.07, 6.45) is 1.50. The van der Waals surface area contributed by atoms with E-state index in [-0.39, 0.29) is 24.5 Å². The summed E-state index contributed by atoms with van der Waals surface area (Å²) in [7, 11) is 1.44. The van der Waals surface area contributed by atoms with Gasteiger partial charge in [-0.15, -0.1) is 0 Å². The van der Waals surface area contributed by atoms with E-state index >= 15 is 0 Å². The average Bonchev–Trinajstić information content (AvgIpc) is 3.00. The molecule has 0 unspecified atom stereocenters. The van der Waals surface area contributed by atoms with Crippen molar-refractivity contribution in [1.82, 2.24) is 16.1 Å². The highest BCUT2D eigenvalue weighted by Gasteiger charge is 2.32. The van der Waals surface area contributed by atoms with E-state index in [1.165, 1.54) is 13.3 Å².